The molecule has 0 aromatic heterocycles. The fourth-order valence-corrected chi connectivity index (χ4v) is 1.38. The Kier molecular flexibility index (Phi) is 5.69. The summed E-state index contributed by atoms with van der Waals surface area (Å²) >= 11 is 0. The molecule has 0 radical (unpaired) electrons. The molecule has 1 atom stereocenters. The standard InChI is InChI=1S/C12H25NO2/c1-7-10(9(2)3)8-13-11(14)15-12(4,5)6/h9-10H,7-8H2,1-6H3,(H,13,14). The van der Waals surface area contributed by atoms with Crippen molar-refractivity contribution >= 4 is 6.09 Å². The molecule has 0 saturated heterocycles. The van der Waals surface area contributed by atoms with Crippen molar-refractivity contribution in [2.75, 3.05) is 6.54 Å². The van der Waals surface area contributed by atoms with Gasteiger partial charge < -0.3 is 10.1 Å². The normalized spacial score (nSPS) is 13.8. The van der Waals surface area contributed by atoms with Crippen LogP contribution in [0.3, 0.4) is 0 Å². The maximum absolute atomic E-state index is 11.4. The molecule has 0 rings (SSSR count). The number of hydrogen-bond acceptors (Lipinski definition) is 2. The molecule has 0 aliphatic carbocycles. The molecule has 3 nitrogen and oxygen atoms in total. The van der Waals surface area contributed by atoms with E-state index in [1.165, 1.54) is 0 Å². The van der Waals surface area contributed by atoms with Crippen molar-refractivity contribution in [3.8, 4) is 0 Å². The van der Waals surface area contributed by atoms with E-state index >= 15 is 0 Å². The third-order valence-electron chi connectivity index (χ3n) is 2.37. The minimum atomic E-state index is -0.413. The van der Waals surface area contributed by atoms with Crippen LogP contribution in [0.15, 0.2) is 0 Å². The molecule has 0 aliphatic heterocycles. The summed E-state index contributed by atoms with van der Waals surface area (Å²) in [5, 5.41) is 2.81. The Morgan fingerprint density at radius 3 is 2.20 bits per heavy atom. The monoisotopic (exact) mass is 215 g/mol. The predicted molar refractivity (Wildman–Crippen MR) is 62.9 cm³/mol. The predicted octanol–water partition coefficient (Wildman–Crippen LogP) is 3.19. The number of alkyl carbamates (subject to hydrolysis) is 1. The SMILES string of the molecule is CCC(CNC(=O)OC(C)(C)C)C(C)C. The van der Waals surface area contributed by atoms with Crippen LogP contribution in [0.2, 0.25) is 0 Å². The lowest BCUT2D eigenvalue weighted by Crippen LogP contribution is -2.36. The number of rotatable bonds is 4. The van der Waals surface area contributed by atoms with E-state index in [2.05, 4.69) is 26.1 Å². The van der Waals surface area contributed by atoms with Crippen LogP contribution >= 0.6 is 0 Å². The van der Waals surface area contributed by atoms with Crippen molar-refractivity contribution in [3.05, 3.63) is 0 Å². The summed E-state index contributed by atoms with van der Waals surface area (Å²) < 4.78 is 5.16. The van der Waals surface area contributed by atoms with Crippen molar-refractivity contribution in [1.29, 1.82) is 0 Å². The van der Waals surface area contributed by atoms with Crippen LogP contribution in [-0.4, -0.2) is 18.2 Å². The molecule has 1 unspecified atom stereocenters. The van der Waals surface area contributed by atoms with Gasteiger partial charge in [0.15, 0.2) is 0 Å². The van der Waals surface area contributed by atoms with Gasteiger partial charge in [-0.2, -0.15) is 0 Å². The Balaban J connectivity index is 3.89. The van der Waals surface area contributed by atoms with Gasteiger partial charge in [0.1, 0.15) is 5.60 Å². The summed E-state index contributed by atoms with van der Waals surface area (Å²) in [5.41, 5.74) is -0.413. The van der Waals surface area contributed by atoms with E-state index in [9.17, 15) is 4.79 Å². The molecule has 0 heterocycles. The molecule has 0 saturated carbocycles. The first-order valence-electron chi connectivity index (χ1n) is 5.73. The van der Waals surface area contributed by atoms with E-state index in [0.29, 0.717) is 18.4 Å². The summed E-state index contributed by atoms with van der Waals surface area (Å²) in [6, 6.07) is 0. The van der Waals surface area contributed by atoms with Gasteiger partial charge in [-0.05, 0) is 32.6 Å². The quantitative estimate of drug-likeness (QED) is 0.782. The van der Waals surface area contributed by atoms with Gasteiger partial charge in [0.25, 0.3) is 0 Å². The molecule has 1 N–H and O–H groups in total. The highest BCUT2D eigenvalue weighted by atomic mass is 16.6. The topological polar surface area (TPSA) is 38.3 Å². The first-order valence-corrected chi connectivity index (χ1v) is 5.73. The average Bonchev–Trinajstić information content (AvgIpc) is 2.01. The molecule has 0 fully saturated rings. The van der Waals surface area contributed by atoms with Crippen molar-refractivity contribution in [1.82, 2.24) is 5.32 Å². The van der Waals surface area contributed by atoms with Crippen LogP contribution in [0.5, 0.6) is 0 Å². The van der Waals surface area contributed by atoms with Crippen molar-refractivity contribution in [3.63, 3.8) is 0 Å². The molecule has 15 heavy (non-hydrogen) atoms. The number of carbonyl (C=O) groups excluding carboxylic acids is 1. The third kappa shape index (κ3) is 7.23. The molecular weight excluding hydrogens is 190 g/mol. The van der Waals surface area contributed by atoms with Gasteiger partial charge in [0, 0.05) is 6.54 Å². The molecule has 0 aromatic carbocycles. The highest BCUT2D eigenvalue weighted by Gasteiger charge is 2.17. The number of hydrogen-bond donors (Lipinski definition) is 1. The van der Waals surface area contributed by atoms with Gasteiger partial charge in [-0.15, -0.1) is 0 Å². The van der Waals surface area contributed by atoms with Crippen molar-refractivity contribution < 1.29 is 9.53 Å². The third-order valence-corrected chi connectivity index (χ3v) is 2.37. The molecule has 3 heteroatoms. The second-order valence-corrected chi connectivity index (χ2v) is 5.30. The summed E-state index contributed by atoms with van der Waals surface area (Å²) in [7, 11) is 0. The highest BCUT2D eigenvalue weighted by molar-refractivity contribution is 5.67. The van der Waals surface area contributed by atoms with Gasteiger partial charge in [-0.1, -0.05) is 27.2 Å². The van der Waals surface area contributed by atoms with Gasteiger partial charge >= 0.3 is 6.09 Å². The number of ether oxygens (including phenoxy) is 1. The smallest absolute Gasteiger partial charge is 0.407 e. The lowest BCUT2D eigenvalue weighted by atomic mass is 9.93. The van der Waals surface area contributed by atoms with Crippen LogP contribution in [0.4, 0.5) is 4.79 Å². The maximum atomic E-state index is 11.4. The van der Waals surface area contributed by atoms with E-state index in [1.54, 1.807) is 0 Å². The Labute approximate surface area is 93.6 Å². The molecule has 0 aliphatic rings. The second-order valence-electron chi connectivity index (χ2n) is 5.30. The minimum Gasteiger partial charge on any atom is -0.444 e. The summed E-state index contributed by atoms with van der Waals surface area (Å²) in [4.78, 5) is 11.4. The van der Waals surface area contributed by atoms with Gasteiger partial charge in [-0.3, -0.25) is 0 Å². The average molecular weight is 215 g/mol. The zero-order valence-corrected chi connectivity index (χ0v) is 10.9. The zero-order chi connectivity index (χ0) is 12.1. The molecule has 90 valence electrons. The summed E-state index contributed by atoms with van der Waals surface area (Å²) in [5.74, 6) is 1.11. The van der Waals surface area contributed by atoms with Crippen LogP contribution in [0, 0.1) is 11.8 Å². The largest absolute Gasteiger partial charge is 0.444 e. The van der Waals surface area contributed by atoms with Crippen molar-refractivity contribution in [2.45, 2.75) is 53.6 Å². The van der Waals surface area contributed by atoms with Crippen molar-refractivity contribution in [2.24, 2.45) is 11.8 Å². The molecule has 0 bridgehead atoms. The van der Waals surface area contributed by atoms with E-state index in [0.717, 1.165) is 6.42 Å². The number of nitrogens with one attached hydrogen (secondary N) is 1. The van der Waals surface area contributed by atoms with Crippen LogP contribution < -0.4 is 5.32 Å². The zero-order valence-electron chi connectivity index (χ0n) is 10.9. The molecule has 0 spiro atoms. The van der Waals surface area contributed by atoms with Gasteiger partial charge in [0.05, 0.1) is 0 Å². The highest BCUT2D eigenvalue weighted by Crippen LogP contribution is 2.13. The Hall–Kier alpha value is -0.730. The van der Waals surface area contributed by atoms with E-state index < -0.39 is 5.60 Å². The van der Waals surface area contributed by atoms with Crippen LogP contribution in [0.25, 0.3) is 0 Å². The van der Waals surface area contributed by atoms with E-state index in [-0.39, 0.29) is 6.09 Å². The molecule has 1 amide bonds. The fraction of sp³-hybridized carbons (Fsp3) is 0.917. The van der Waals surface area contributed by atoms with E-state index in [4.69, 9.17) is 4.74 Å². The van der Waals surface area contributed by atoms with Gasteiger partial charge in [0.2, 0.25) is 0 Å². The Morgan fingerprint density at radius 2 is 1.87 bits per heavy atom. The lowest BCUT2D eigenvalue weighted by molar-refractivity contribution is 0.0514. The first-order chi connectivity index (χ1) is 6.76. The Bertz CT molecular complexity index is 194. The summed E-state index contributed by atoms with van der Waals surface area (Å²) in [6.07, 6.45) is 0.759. The fourth-order valence-electron chi connectivity index (χ4n) is 1.38. The second kappa shape index (κ2) is 5.99. The maximum Gasteiger partial charge on any atom is 0.407 e. The lowest BCUT2D eigenvalue weighted by Gasteiger charge is -2.23. The van der Waals surface area contributed by atoms with E-state index in [1.807, 2.05) is 20.8 Å². The van der Waals surface area contributed by atoms with Crippen LogP contribution in [0.1, 0.15) is 48.0 Å². The Morgan fingerprint density at radius 1 is 1.33 bits per heavy atom. The minimum absolute atomic E-state index is 0.318. The molecular formula is C12H25NO2. The summed E-state index contributed by atoms with van der Waals surface area (Å²) in [6.45, 7) is 12.8. The number of carbonyl (C=O) groups is 1. The molecule has 0 aromatic rings. The number of amides is 1. The first kappa shape index (κ1) is 14.3. The van der Waals surface area contributed by atoms with Crippen LogP contribution in [-0.2, 0) is 4.74 Å². The van der Waals surface area contributed by atoms with Gasteiger partial charge in [-0.25, -0.2) is 4.79 Å².